The van der Waals surface area contributed by atoms with Crippen molar-refractivity contribution in [2.45, 2.75) is 45.2 Å². The summed E-state index contributed by atoms with van der Waals surface area (Å²) in [5.74, 6) is 1.67. The lowest BCUT2D eigenvalue weighted by Gasteiger charge is -2.10. The average molecular weight is 195 g/mol. The maximum absolute atomic E-state index is 4.67. The van der Waals surface area contributed by atoms with E-state index in [2.05, 4.69) is 26.9 Å². The van der Waals surface area contributed by atoms with Gasteiger partial charge in [0.25, 0.3) is 0 Å². The summed E-state index contributed by atoms with van der Waals surface area (Å²) in [7, 11) is 0. The molecule has 78 valence electrons. The van der Waals surface area contributed by atoms with Crippen molar-refractivity contribution in [1.29, 1.82) is 0 Å². The van der Waals surface area contributed by atoms with Crippen LogP contribution in [0.4, 0.5) is 0 Å². The Balaban J connectivity index is 1.72. The number of hydrogen-bond donors (Lipinski definition) is 1. The van der Waals surface area contributed by atoms with Crippen molar-refractivity contribution in [1.82, 2.24) is 15.5 Å². The van der Waals surface area contributed by atoms with Crippen LogP contribution in [0.25, 0.3) is 0 Å². The van der Waals surface area contributed by atoms with E-state index in [-0.39, 0.29) is 0 Å². The van der Waals surface area contributed by atoms with Crippen molar-refractivity contribution in [2.24, 2.45) is 5.92 Å². The van der Waals surface area contributed by atoms with Crippen molar-refractivity contribution >= 4 is 0 Å². The van der Waals surface area contributed by atoms with Gasteiger partial charge in [-0.3, -0.25) is 0 Å². The van der Waals surface area contributed by atoms with Gasteiger partial charge in [0.15, 0.2) is 5.82 Å². The first-order valence-electron chi connectivity index (χ1n) is 5.37. The zero-order valence-electron chi connectivity index (χ0n) is 8.57. The monoisotopic (exact) mass is 195 g/mol. The van der Waals surface area contributed by atoms with Crippen LogP contribution >= 0.6 is 0 Å². The van der Waals surface area contributed by atoms with Crippen molar-refractivity contribution in [2.75, 3.05) is 0 Å². The first-order valence-corrected chi connectivity index (χ1v) is 5.37. The van der Waals surface area contributed by atoms with E-state index in [4.69, 9.17) is 0 Å². The topological polar surface area (TPSA) is 51.0 Å². The van der Waals surface area contributed by atoms with Gasteiger partial charge >= 0.3 is 0 Å². The second-order valence-electron chi connectivity index (χ2n) is 4.01. The normalized spacial score (nSPS) is 26.9. The molecule has 0 saturated heterocycles. The molecule has 1 saturated carbocycles. The molecule has 4 heteroatoms. The largest absolute Gasteiger partial charge is 0.343 e. The molecule has 0 bridgehead atoms. The van der Waals surface area contributed by atoms with E-state index in [0.717, 1.165) is 18.3 Å². The Morgan fingerprint density at radius 3 is 3.14 bits per heavy atom. The predicted octanol–water partition coefficient (Wildman–Crippen LogP) is 1.74. The molecule has 0 radical (unpaired) electrons. The minimum Gasteiger partial charge on any atom is -0.343 e. The van der Waals surface area contributed by atoms with E-state index >= 15 is 0 Å². The van der Waals surface area contributed by atoms with Crippen molar-refractivity contribution < 1.29 is 4.52 Å². The molecule has 2 rings (SSSR count). The third-order valence-corrected chi connectivity index (χ3v) is 3.07. The molecule has 0 aliphatic heterocycles. The first-order chi connectivity index (χ1) is 6.88. The summed E-state index contributed by atoms with van der Waals surface area (Å²) in [5.41, 5.74) is 0. The predicted molar refractivity (Wildman–Crippen MR) is 52.6 cm³/mol. The minimum absolute atomic E-state index is 0.651. The Labute approximate surface area is 84.1 Å². The number of rotatable bonds is 4. The van der Waals surface area contributed by atoms with Gasteiger partial charge in [-0.05, 0) is 25.2 Å². The third-order valence-electron chi connectivity index (χ3n) is 3.07. The summed E-state index contributed by atoms with van der Waals surface area (Å²) in [5, 5.41) is 7.23. The molecular formula is C10H17N3O. The molecule has 2 atom stereocenters. The Kier molecular flexibility index (Phi) is 3.14. The lowest BCUT2D eigenvalue weighted by Crippen LogP contribution is -2.26. The molecule has 14 heavy (non-hydrogen) atoms. The van der Waals surface area contributed by atoms with Crippen LogP contribution in [0.5, 0.6) is 0 Å². The molecular weight excluding hydrogens is 178 g/mol. The smallest absolute Gasteiger partial charge is 0.213 e. The van der Waals surface area contributed by atoms with E-state index in [1.165, 1.54) is 32.1 Å². The fraction of sp³-hybridized carbons (Fsp3) is 0.800. The van der Waals surface area contributed by atoms with E-state index in [0.29, 0.717) is 6.04 Å². The maximum atomic E-state index is 4.67. The Morgan fingerprint density at radius 2 is 2.50 bits per heavy atom. The maximum Gasteiger partial charge on any atom is 0.213 e. The van der Waals surface area contributed by atoms with Crippen LogP contribution in [0.15, 0.2) is 10.9 Å². The van der Waals surface area contributed by atoms with Gasteiger partial charge in [-0.15, -0.1) is 0 Å². The molecule has 1 fully saturated rings. The molecule has 1 N–H and O–H groups in total. The highest BCUT2D eigenvalue weighted by atomic mass is 16.5. The number of aromatic nitrogens is 2. The summed E-state index contributed by atoms with van der Waals surface area (Å²) in [4.78, 5) is 3.98. The number of hydrogen-bond acceptors (Lipinski definition) is 4. The third kappa shape index (κ3) is 2.32. The van der Waals surface area contributed by atoms with E-state index in [1.54, 1.807) is 0 Å². The Morgan fingerprint density at radius 1 is 1.57 bits per heavy atom. The summed E-state index contributed by atoms with van der Waals surface area (Å²) < 4.78 is 4.67. The molecule has 1 aromatic heterocycles. The number of nitrogens with zero attached hydrogens (tertiary/aromatic N) is 2. The van der Waals surface area contributed by atoms with Gasteiger partial charge in [-0.1, -0.05) is 18.5 Å². The van der Waals surface area contributed by atoms with E-state index in [1.807, 2.05) is 0 Å². The molecule has 1 aliphatic carbocycles. The SMILES string of the molecule is CCC1CCC(NCc2ncon2)C1. The molecule has 1 aromatic rings. The fourth-order valence-corrected chi connectivity index (χ4v) is 2.14. The van der Waals surface area contributed by atoms with Gasteiger partial charge in [0.1, 0.15) is 0 Å². The highest BCUT2D eigenvalue weighted by Crippen LogP contribution is 2.27. The van der Waals surface area contributed by atoms with E-state index < -0.39 is 0 Å². The second kappa shape index (κ2) is 4.55. The van der Waals surface area contributed by atoms with Gasteiger partial charge in [-0.2, -0.15) is 4.98 Å². The van der Waals surface area contributed by atoms with E-state index in [9.17, 15) is 0 Å². The van der Waals surface area contributed by atoms with Crippen LogP contribution < -0.4 is 5.32 Å². The zero-order chi connectivity index (χ0) is 9.80. The van der Waals surface area contributed by atoms with Crippen LogP contribution in [0.2, 0.25) is 0 Å². The van der Waals surface area contributed by atoms with Crippen molar-refractivity contribution in [3.8, 4) is 0 Å². The molecule has 2 unspecified atom stereocenters. The lowest BCUT2D eigenvalue weighted by atomic mass is 10.1. The Bertz CT molecular complexity index is 260. The molecule has 1 heterocycles. The van der Waals surface area contributed by atoms with Gasteiger partial charge in [0.05, 0.1) is 6.54 Å². The van der Waals surface area contributed by atoms with Gasteiger partial charge in [0, 0.05) is 6.04 Å². The van der Waals surface area contributed by atoms with Gasteiger partial charge in [-0.25, -0.2) is 0 Å². The second-order valence-corrected chi connectivity index (χ2v) is 4.01. The summed E-state index contributed by atoms with van der Waals surface area (Å²) in [6.45, 7) is 3.00. The molecule has 0 spiro atoms. The van der Waals surface area contributed by atoms with Crippen LogP contribution in [-0.4, -0.2) is 16.2 Å². The molecule has 0 aromatic carbocycles. The fourth-order valence-electron chi connectivity index (χ4n) is 2.14. The Hall–Kier alpha value is -0.900. The molecule has 0 amide bonds. The van der Waals surface area contributed by atoms with Crippen LogP contribution in [0, 0.1) is 5.92 Å². The average Bonchev–Trinajstić information content (AvgIpc) is 2.86. The summed E-state index contributed by atoms with van der Waals surface area (Å²) in [6, 6.07) is 0.651. The van der Waals surface area contributed by atoms with Crippen LogP contribution in [0.3, 0.4) is 0 Å². The molecule has 4 nitrogen and oxygen atoms in total. The summed E-state index contributed by atoms with van der Waals surface area (Å²) >= 11 is 0. The van der Waals surface area contributed by atoms with Gasteiger partial charge < -0.3 is 9.84 Å². The minimum atomic E-state index is 0.651. The van der Waals surface area contributed by atoms with Crippen molar-refractivity contribution in [3.05, 3.63) is 12.2 Å². The standard InChI is InChI=1S/C10H17N3O/c1-2-8-3-4-9(5-8)11-6-10-12-7-14-13-10/h7-9,11H,2-6H2,1H3. The quantitative estimate of drug-likeness (QED) is 0.795. The molecule has 1 aliphatic rings. The highest BCUT2D eigenvalue weighted by molar-refractivity contribution is 4.83. The summed E-state index contributed by atoms with van der Waals surface area (Å²) in [6.07, 6.45) is 6.63. The highest BCUT2D eigenvalue weighted by Gasteiger charge is 2.22. The lowest BCUT2D eigenvalue weighted by molar-refractivity contribution is 0.402. The van der Waals surface area contributed by atoms with Gasteiger partial charge in [0.2, 0.25) is 6.39 Å². The first kappa shape index (κ1) is 9.65. The zero-order valence-corrected chi connectivity index (χ0v) is 8.57. The van der Waals surface area contributed by atoms with Crippen LogP contribution in [0.1, 0.15) is 38.4 Å². The number of nitrogens with one attached hydrogen (secondary N) is 1. The van der Waals surface area contributed by atoms with Crippen molar-refractivity contribution in [3.63, 3.8) is 0 Å². The van der Waals surface area contributed by atoms with Crippen LogP contribution in [-0.2, 0) is 6.54 Å².